The topological polar surface area (TPSA) is 49.4 Å². The molecule has 2 aliphatic carbocycles. The summed E-state index contributed by atoms with van der Waals surface area (Å²) in [6.45, 7) is 0.524. The highest BCUT2D eigenvalue weighted by Crippen LogP contribution is 2.31. The zero-order valence-corrected chi connectivity index (χ0v) is 13.5. The van der Waals surface area contributed by atoms with E-state index in [1.54, 1.807) is 4.90 Å². The van der Waals surface area contributed by atoms with Crippen LogP contribution in [0.5, 0.6) is 0 Å². The molecule has 2 fully saturated rings. The Balaban J connectivity index is 1.44. The molecule has 4 rings (SSSR count). The fraction of sp³-hybridized carbons (Fsp3) is 0.579. The summed E-state index contributed by atoms with van der Waals surface area (Å²) in [4.78, 5) is 26.6. The monoisotopic (exact) mass is 312 g/mol. The number of carbonyl (C=O) groups is 2. The van der Waals surface area contributed by atoms with Gasteiger partial charge in [0.15, 0.2) is 0 Å². The van der Waals surface area contributed by atoms with E-state index in [4.69, 9.17) is 0 Å². The Morgan fingerprint density at radius 2 is 1.87 bits per heavy atom. The first-order valence-electron chi connectivity index (χ1n) is 8.93. The number of benzene rings is 1. The van der Waals surface area contributed by atoms with E-state index in [9.17, 15) is 9.59 Å². The van der Waals surface area contributed by atoms with Crippen molar-refractivity contribution in [3.8, 4) is 0 Å². The maximum Gasteiger partial charge on any atom is 0.227 e. The van der Waals surface area contributed by atoms with Gasteiger partial charge in [-0.1, -0.05) is 18.9 Å². The lowest BCUT2D eigenvalue weighted by molar-refractivity contribution is -0.126. The molecule has 0 bridgehead atoms. The van der Waals surface area contributed by atoms with Crippen molar-refractivity contribution in [3.05, 3.63) is 29.3 Å². The Morgan fingerprint density at radius 3 is 2.70 bits per heavy atom. The Bertz CT molecular complexity index is 634. The smallest absolute Gasteiger partial charge is 0.227 e. The lowest BCUT2D eigenvalue weighted by atomic mass is 10.1. The van der Waals surface area contributed by atoms with E-state index in [-0.39, 0.29) is 17.7 Å². The third-order valence-corrected chi connectivity index (χ3v) is 5.59. The van der Waals surface area contributed by atoms with E-state index in [0.717, 1.165) is 31.4 Å². The van der Waals surface area contributed by atoms with Crippen LogP contribution in [-0.4, -0.2) is 24.4 Å². The summed E-state index contributed by atoms with van der Waals surface area (Å²) in [5.74, 6) is -0.0558. The van der Waals surface area contributed by atoms with E-state index in [1.807, 2.05) is 6.07 Å². The van der Waals surface area contributed by atoms with Gasteiger partial charge in [0.1, 0.15) is 0 Å². The highest BCUT2D eigenvalue weighted by Gasteiger charge is 2.36. The van der Waals surface area contributed by atoms with Gasteiger partial charge in [-0.2, -0.15) is 0 Å². The number of nitrogens with one attached hydrogen (secondary N) is 1. The van der Waals surface area contributed by atoms with Gasteiger partial charge < -0.3 is 10.2 Å². The second-order valence-corrected chi connectivity index (χ2v) is 7.20. The number of nitrogens with zero attached hydrogens (tertiary/aromatic N) is 1. The molecule has 1 aromatic carbocycles. The minimum absolute atomic E-state index is 0.0638. The number of hydrogen-bond acceptors (Lipinski definition) is 2. The molecule has 3 aliphatic rings. The molecule has 1 saturated carbocycles. The van der Waals surface area contributed by atoms with Crippen LogP contribution in [-0.2, 0) is 22.4 Å². The lowest BCUT2D eigenvalue weighted by Crippen LogP contribution is -2.38. The number of amides is 2. The van der Waals surface area contributed by atoms with E-state index in [1.165, 1.54) is 30.4 Å². The van der Waals surface area contributed by atoms with Gasteiger partial charge in [-0.15, -0.1) is 0 Å². The molecule has 122 valence electrons. The zero-order chi connectivity index (χ0) is 15.8. The summed E-state index contributed by atoms with van der Waals surface area (Å²) in [5, 5.41) is 3.14. The molecule has 1 heterocycles. The molecule has 0 aromatic heterocycles. The molecule has 0 radical (unpaired) electrons. The molecule has 23 heavy (non-hydrogen) atoms. The Kier molecular flexibility index (Phi) is 3.83. The van der Waals surface area contributed by atoms with Crippen molar-refractivity contribution in [2.75, 3.05) is 11.4 Å². The van der Waals surface area contributed by atoms with Gasteiger partial charge in [0.25, 0.3) is 0 Å². The Morgan fingerprint density at radius 1 is 1.09 bits per heavy atom. The molecule has 1 N–H and O–H groups in total. The second kappa shape index (κ2) is 5.99. The second-order valence-electron chi connectivity index (χ2n) is 7.20. The van der Waals surface area contributed by atoms with Crippen molar-refractivity contribution in [2.24, 2.45) is 5.92 Å². The van der Waals surface area contributed by atoms with Crippen LogP contribution in [0.4, 0.5) is 5.69 Å². The van der Waals surface area contributed by atoms with Gasteiger partial charge in [0.05, 0.1) is 5.92 Å². The molecular weight excluding hydrogens is 288 g/mol. The molecule has 4 nitrogen and oxygen atoms in total. The van der Waals surface area contributed by atoms with Crippen LogP contribution in [0.3, 0.4) is 0 Å². The first kappa shape index (κ1) is 14.7. The molecule has 1 saturated heterocycles. The lowest BCUT2D eigenvalue weighted by Gasteiger charge is -2.19. The van der Waals surface area contributed by atoms with E-state index < -0.39 is 0 Å². The summed E-state index contributed by atoms with van der Waals surface area (Å²) in [5.41, 5.74) is 3.75. The van der Waals surface area contributed by atoms with E-state index in [2.05, 4.69) is 17.4 Å². The van der Waals surface area contributed by atoms with Crippen molar-refractivity contribution < 1.29 is 9.59 Å². The number of hydrogen-bond donors (Lipinski definition) is 1. The fourth-order valence-corrected chi connectivity index (χ4v) is 4.25. The van der Waals surface area contributed by atoms with Gasteiger partial charge in [-0.3, -0.25) is 9.59 Å². The van der Waals surface area contributed by atoms with Gasteiger partial charge in [0.2, 0.25) is 11.8 Å². The van der Waals surface area contributed by atoms with Crippen molar-refractivity contribution in [1.82, 2.24) is 5.32 Å². The minimum Gasteiger partial charge on any atom is -0.353 e. The predicted molar refractivity (Wildman–Crippen MR) is 89.3 cm³/mol. The van der Waals surface area contributed by atoms with E-state index in [0.29, 0.717) is 19.0 Å². The van der Waals surface area contributed by atoms with Crippen LogP contribution in [0.15, 0.2) is 18.2 Å². The maximum atomic E-state index is 12.4. The van der Waals surface area contributed by atoms with Crippen LogP contribution >= 0.6 is 0 Å². The Labute approximate surface area is 137 Å². The van der Waals surface area contributed by atoms with Crippen LogP contribution in [0, 0.1) is 5.92 Å². The van der Waals surface area contributed by atoms with Crippen LogP contribution in [0.2, 0.25) is 0 Å². The number of anilines is 1. The SMILES string of the molecule is O=C(NC1CCCC1)C1CC(=O)N(c2ccc3c(c2)CCC3)C1. The summed E-state index contributed by atoms with van der Waals surface area (Å²) in [7, 11) is 0. The van der Waals surface area contributed by atoms with Crippen LogP contribution in [0.25, 0.3) is 0 Å². The quantitative estimate of drug-likeness (QED) is 0.932. The third-order valence-electron chi connectivity index (χ3n) is 5.59. The fourth-order valence-electron chi connectivity index (χ4n) is 4.25. The Hall–Kier alpha value is -1.84. The highest BCUT2D eigenvalue weighted by molar-refractivity contribution is 6.00. The molecule has 1 aromatic rings. The van der Waals surface area contributed by atoms with Crippen LogP contribution in [0.1, 0.15) is 49.7 Å². The first-order valence-corrected chi connectivity index (χ1v) is 8.93. The zero-order valence-electron chi connectivity index (χ0n) is 13.5. The molecule has 0 spiro atoms. The largest absolute Gasteiger partial charge is 0.353 e. The summed E-state index contributed by atoms with van der Waals surface area (Å²) in [6, 6.07) is 6.67. The summed E-state index contributed by atoms with van der Waals surface area (Å²) >= 11 is 0. The molecular formula is C19H24N2O2. The summed E-state index contributed by atoms with van der Waals surface area (Å²) in [6.07, 6.45) is 8.38. The van der Waals surface area contributed by atoms with Crippen molar-refractivity contribution in [1.29, 1.82) is 0 Å². The molecule has 2 amide bonds. The standard InChI is InChI=1S/C19H24N2O2/c22-18-11-15(19(23)20-16-6-1-2-7-16)12-21(18)17-9-8-13-4-3-5-14(13)10-17/h8-10,15-16H,1-7,11-12H2,(H,20,23). The molecule has 1 unspecified atom stereocenters. The summed E-state index contributed by atoms with van der Waals surface area (Å²) < 4.78 is 0. The number of aryl methyl sites for hydroxylation is 2. The van der Waals surface area contributed by atoms with Gasteiger partial charge in [-0.25, -0.2) is 0 Å². The third kappa shape index (κ3) is 2.87. The number of rotatable bonds is 3. The highest BCUT2D eigenvalue weighted by atomic mass is 16.2. The maximum absolute atomic E-state index is 12.4. The van der Waals surface area contributed by atoms with Crippen molar-refractivity contribution >= 4 is 17.5 Å². The molecule has 1 aliphatic heterocycles. The average molecular weight is 312 g/mol. The number of carbonyl (C=O) groups excluding carboxylic acids is 2. The van der Waals surface area contributed by atoms with Crippen LogP contribution < -0.4 is 10.2 Å². The average Bonchev–Trinajstić information content (AvgIpc) is 3.26. The predicted octanol–water partition coefficient (Wildman–Crippen LogP) is 2.59. The number of fused-ring (bicyclic) bond motifs is 1. The normalized spacial score (nSPS) is 24.3. The van der Waals surface area contributed by atoms with Gasteiger partial charge >= 0.3 is 0 Å². The van der Waals surface area contributed by atoms with E-state index >= 15 is 0 Å². The van der Waals surface area contributed by atoms with Gasteiger partial charge in [-0.05, 0) is 55.4 Å². The van der Waals surface area contributed by atoms with Crippen molar-refractivity contribution in [3.63, 3.8) is 0 Å². The van der Waals surface area contributed by atoms with Crippen molar-refractivity contribution in [2.45, 2.75) is 57.4 Å². The first-order chi connectivity index (χ1) is 11.2. The molecule has 4 heteroatoms. The van der Waals surface area contributed by atoms with Gasteiger partial charge in [0, 0.05) is 24.7 Å². The minimum atomic E-state index is -0.198. The molecule has 1 atom stereocenters.